The lowest BCUT2D eigenvalue weighted by atomic mass is 9.47. The van der Waals surface area contributed by atoms with Crippen molar-refractivity contribution in [3.63, 3.8) is 0 Å². The van der Waals surface area contributed by atoms with Crippen molar-refractivity contribution < 1.29 is 15.0 Å². The van der Waals surface area contributed by atoms with Gasteiger partial charge in [0.25, 0.3) is 0 Å². The number of allylic oxidation sites excluding steroid dienone is 1. The molecule has 2 N–H and O–H groups in total. The highest BCUT2D eigenvalue weighted by Gasteiger charge is 2.59. The fourth-order valence-corrected chi connectivity index (χ4v) is 9.57. The monoisotopic (exact) mass is 471 g/mol. The summed E-state index contributed by atoms with van der Waals surface area (Å²) in [6, 6.07) is 0. The molecule has 5 aliphatic rings. The van der Waals surface area contributed by atoms with Gasteiger partial charge in [0.15, 0.2) is 0 Å². The lowest BCUT2D eigenvalue weighted by Gasteiger charge is -2.58. The number of rotatable bonds is 4. The van der Waals surface area contributed by atoms with E-state index in [0.29, 0.717) is 55.0 Å². The molecule has 4 nitrogen and oxygen atoms in total. The predicted molar refractivity (Wildman–Crippen MR) is 136 cm³/mol. The molecule has 4 heteroatoms. The molecule has 1 aliphatic heterocycles. The molecule has 0 aromatic carbocycles. The summed E-state index contributed by atoms with van der Waals surface area (Å²) in [7, 11) is 0. The second-order valence-corrected chi connectivity index (χ2v) is 13.8. The molecule has 0 aromatic heterocycles. The number of carbonyl (C=O) groups is 1. The van der Waals surface area contributed by atoms with Gasteiger partial charge in [-0.25, -0.2) is 0 Å². The van der Waals surface area contributed by atoms with Gasteiger partial charge < -0.3 is 15.1 Å². The lowest BCUT2D eigenvalue weighted by Crippen LogP contribution is -2.50. The third-order valence-corrected chi connectivity index (χ3v) is 11.8. The number of nitrogens with zero attached hydrogens (tertiary/aromatic N) is 1. The quantitative estimate of drug-likeness (QED) is 0.516. The van der Waals surface area contributed by atoms with Gasteiger partial charge in [0.05, 0.1) is 11.7 Å². The maximum absolute atomic E-state index is 12.9. The van der Waals surface area contributed by atoms with Crippen molar-refractivity contribution in [1.29, 1.82) is 0 Å². The number of hydrogen-bond donors (Lipinski definition) is 2. The van der Waals surface area contributed by atoms with Crippen molar-refractivity contribution in [2.45, 2.75) is 116 Å². The van der Waals surface area contributed by atoms with Crippen LogP contribution >= 0.6 is 0 Å². The van der Waals surface area contributed by atoms with Crippen LogP contribution in [0.1, 0.15) is 105 Å². The van der Waals surface area contributed by atoms with Crippen molar-refractivity contribution in [2.24, 2.45) is 40.4 Å². The maximum Gasteiger partial charge on any atom is 0.222 e. The molecule has 0 spiro atoms. The van der Waals surface area contributed by atoms with E-state index in [1.807, 2.05) is 11.8 Å². The van der Waals surface area contributed by atoms with E-state index in [1.54, 1.807) is 5.57 Å². The molecule has 34 heavy (non-hydrogen) atoms. The molecular weight excluding hydrogens is 422 g/mol. The van der Waals surface area contributed by atoms with Crippen molar-refractivity contribution in [2.75, 3.05) is 13.1 Å². The first-order chi connectivity index (χ1) is 16.0. The Morgan fingerprint density at radius 3 is 2.53 bits per heavy atom. The summed E-state index contributed by atoms with van der Waals surface area (Å²) >= 11 is 0. The van der Waals surface area contributed by atoms with Gasteiger partial charge in [0.1, 0.15) is 0 Å². The first kappa shape index (κ1) is 24.8. The molecule has 3 saturated carbocycles. The average molecular weight is 472 g/mol. The number of aliphatic hydroxyl groups is 2. The summed E-state index contributed by atoms with van der Waals surface area (Å²) in [5, 5.41) is 20.5. The van der Waals surface area contributed by atoms with Gasteiger partial charge >= 0.3 is 0 Å². The van der Waals surface area contributed by atoms with Crippen LogP contribution in [0.15, 0.2) is 11.6 Å². The van der Waals surface area contributed by atoms with Gasteiger partial charge in [-0.05, 0) is 118 Å². The van der Waals surface area contributed by atoms with Crippen LogP contribution in [0.3, 0.4) is 0 Å². The summed E-state index contributed by atoms with van der Waals surface area (Å²) in [4.78, 5) is 14.9. The minimum absolute atomic E-state index is 0.123. The van der Waals surface area contributed by atoms with Gasteiger partial charge in [0.2, 0.25) is 5.91 Å². The van der Waals surface area contributed by atoms with E-state index in [2.05, 4.69) is 26.8 Å². The minimum atomic E-state index is -0.597. The molecular formula is C30H49NO3. The first-order valence-electron chi connectivity index (χ1n) is 14.4. The summed E-state index contributed by atoms with van der Waals surface area (Å²) in [6.07, 6.45) is 15.1. The number of amides is 1. The van der Waals surface area contributed by atoms with Crippen molar-refractivity contribution >= 4 is 5.91 Å². The highest BCUT2D eigenvalue weighted by molar-refractivity contribution is 5.76. The predicted octanol–water partition coefficient (Wildman–Crippen LogP) is 5.72. The summed E-state index contributed by atoms with van der Waals surface area (Å²) < 4.78 is 0. The molecule has 4 fully saturated rings. The Balaban J connectivity index is 1.22. The molecule has 4 aliphatic carbocycles. The molecule has 0 aromatic rings. The maximum atomic E-state index is 12.9. The van der Waals surface area contributed by atoms with Crippen molar-refractivity contribution in [3.05, 3.63) is 11.6 Å². The average Bonchev–Trinajstić information content (AvgIpc) is 3.15. The Morgan fingerprint density at radius 2 is 1.79 bits per heavy atom. The van der Waals surface area contributed by atoms with Crippen LogP contribution in [0.2, 0.25) is 0 Å². The van der Waals surface area contributed by atoms with E-state index in [1.165, 1.54) is 38.5 Å². The normalized spacial score (nSPS) is 44.5. The molecule has 0 radical (unpaired) electrons. The Bertz CT molecular complexity index is 810. The van der Waals surface area contributed by atoms with Crippen LogP contribution < -0.4 is 0 Å². The fourth-order valence-electron chi connectivity index (χ4n) is 9.57. The van der Waals surface area contributed by atoms with Crippen LogP contribution in [-0.2, 0) is 4.79 Å². The second kappa shape index (κ2) is 8.91. The Labute approximate surface area is 207 Å². The lowest BCUT2D eigenvalue weighted by molar-refractivity contribution is -0.135. The minimum Gasteiger partial charge on any atom is -0.393 e. The van der Waals surface area contributed by atoms with E-state index >= 15 is 0 Å². The highest BCUT2D eigenvalue weighted by atomic mass is 16.3. The first-order valence-corrected chi connectivity index (χ1v) is 14.4. The summed E-state index contributed by atoms with van der Waals surface area (Å²) in [5.41, 5.74) is 1.71. The fraction of sp³-hybridized carbons (Fsp3) is 0.900. The number of piperidine rings is 1. The Kier molecular flexibility index (Phi) is 6.50. The Morgan fingerprint density at radius 1 is 1.06 bits per heavy atom. The van der Waals surface area contributed by atoms with Crippen molar-refractivity contribution in [1.82, 2.24) is 4.90 Å². The number of aliphatic hydroxyl groups excluding tert-OH is 1. The van der Waals surface area contributed by atoms with Crippen molar-refractivity contribution in [3.8, 4) is 0 Å². The molecule has 1 heterocycles. The van der Waals surface area contributed by atoms with Crippen LogP contribution in [0, 0.1) is 40.4 Å². The second-order valence-electron chi connectivity index (χ2n) is 13.8. The molecule has 1 amide bonds. The van der Waals surface area contributed by atoms with E-state index in [9.17, 15) is 15.0 Å². The number of carbonyl (C=O) groups excluding carboxylic acids is 1. The molecule has 192 valence electrons. The summed E-state index contributed by atoms with van der Waals surface area (Å²) in [6.45, 7) is 10.8. The topological polar surface area (TPSA) is 60.8 Å². The largest absolute Gasteiger partial charge is 0.393 e. The third kappa shape index (κ3) is 4.19. The standard InChI is InChI=1S/C30H49NO3/c1-20(5-10-27(33)31-17-15-28(2,34)16-18-31)24-8-9-25-23-7-6-21-19-22(32)11-13-29(21,3)26(23)12-14-30(24,25)4/h6,20,22-26,32,34H,5,7-19H2,1-4H3/t20-,22+,23+,24-,25+,26+,29+,30-/m1/s1. The van der Waals surface area contributed by atoms with Crippen LogP contribution in [-0.4, -0.2) is 45.8 Å². The smallest absolute Gasteiger partial charge is 0.222 e. The van der Waals surface area contributed by atoms with Gasteiger partial charge in [0, 0.05) is 19.5 Å². The van der Waals surface area contributed by atoms with Gasteiger partial charge in [-0.2, -0.15) is 0 Å². The van der Waals surface area contributed by atoms with E-state index in [0.717, 1.165) is 42.9 Å². The number of hydrogen-bond acceptors (Lipinski definition) is 3. The van der Waals surface area contributed by atoms with E-state index < -0.39 is 5.60 Å². The molecule has 0 bridgehead atoms. The van der Waals surface area contributed by atoms with Crippen LogP contribution in [0.5, 0.6) is 0 Å². The number of likely N-dealkylation sites (tertiary alicyclic amines) is 1. The van der Waals surface area contributed by atoms with Gasteiger partial charge in [-0.1, -0.05) is 32.4 Å². The number of fused-ring (bicyclic) bond motifs is 5. The Hall–Kier alpha value is -0.870. The van der Waals surface area contributed by atoms with E-state index in [4.69, 9.17) is 0 Å². The van der Waals surface area contributed by atoms with Gasteiger partial charge in [-0.15, -0.1) is 0 Å². The van der Waals surface area contributed by atoms with E-state index in [-0.39, 0.29) is 6.10 Å². The zero-order chi connectivity index (χ0) is 24.3. The highest BCUT2D eigenvalue weighted by Crippen LogP contribution is 2.67. The SMILES string of the molecule is C[C@H](CCC(=O)N1CCC(C)(O)CC1)[C@H]1CC[C@H]2[C@@H]3CC=C4C[C@@H](O)CC[C@]4(C)[C@H]3CC[C@]12C. The van der Waals surface area contributed by atoms with Crippen LogP contribution in [0.4, 0.5) is 0 Å². The molecule has 5 rings (SSSR count). The zero-order valence-corrected chi connectivity index (χ0v) is 22.2. The molecule has 0 unspecified atom stereocenters. The van der Waals surface area contributed by atoms with Crippen LogP contribution in [0.25, 0.3) is 0 Å². The molecule has 8 atom stereocenters. The molecule has 1 saturated heterocycles. The van der Waals surface area contributed by atoms with Gasteiger partial charge in [-0.3, -0.25) is 4.79 Å². The zero-order valence-electron chi connectivity index (χ0n) is 22.2. The summed E-state index contributed by atoms with van der Waals surface area (Å²) in [5.74, 6) is 4.05. The third-order valence-electron chi connectivity index (χ3n) is 11.8.